The van der Waals surface area contributed by atoms with Gasteiger partial charge < -0.3 is 5.32 Å². The summed E-state index contributed by atoms with van der Waals surface area (Å²) in [6.45, 7) is 0. The second-order valence-electron chi connectivity index (χ2n) is 4.45. The molecule has 2 heterocycles. The molecule has 0 spiro atoms. The van der Waals surface area contributed by atoms with Gasteiger partial charge in [-0.05, 0) is 24.6 Å². The standard InChI is InChI=1S/C14H11Cl2N3O/c15-9-4-5-12(10(16)6-9)19-8-17-7-13(19)11-2-1-3-14(20)18-11/h2,4-8H,1,3H2,(H,18,20). The molecule has 0 saturated heterocycles. The van der Waals surface area contributed by atoms with Gasteiger partial charge in [-0.1, -0.05) is 29.3 Å². The summed E-state index contributed by atoms with van der Waals surface area (Å²) in [5.41, 5.74) is 2.32. The molecule has 0 saturated carbocycles. The van der Waals surface area contributed by atoms with Crippen LogP contribution in [0.4, 0.5) is 0 Å². The predicted molar refractivity (Wildman–Crippen MR) is 78.9 cm³/mol. The second kappa shape index (κ2) is 5.31. The van der Waals surface area contributed by atoms with Gasteiger partial charge >= 0.3 is 0 Å². The fraction of sp³-hybridized carbons (Fsp3) is 0.143. The summed E-state index contributed by atoms with van der Waals surface area (Å²) in [7, 11) is 0. The Morgan fingerprint density at radius 2 is 2.15 bits per heavy atom. The Morgan fingerprint density at radius 3 is 2.90 bits per heavy atom. The topological polar surface area (TPSA) is 46.9 Å². The van der Waals surface area contributed by atoms with E-state index in [1.54, 1.807) is 24.7 Å². The Kier molecular flexibility index (Phi) is 3.51. The van der Waals surface area contributed by atoms with Crippen molar-refractivity contribution in [1.82, 2.24) is 14.9 Å². The lowest BCUT2D eigenvalue weighted by molar-refractivity contribution is -0.120. The number of nitrogens with one attached hydrogen (secondary N) is 1. The van der Waals surface area contributed by atoms with E-state index >= 15 is 0 Å². The molecule has 102 valence electrons. The van der Waals surface area contributed by atoms with E-state index < -0.39 is 0 Å². The maximum absolute atomic E-state index is 11.5. The van der Waals surface area contributed by atoms with Crippen molar-refractivity contribution < 1.29 is 4.79 Å². The van der Waals surface area contributed by atoms with Gasteiger partial charge in [0.1, 0.15) is 0 Å². The first-order chi connectivity index (χ1) is 9.65. The van der Waals surface area contributed by atoms with Crippen LogP contribution in [0.2, 0.25) is 10.0 Å². The maximum atomic E-state index is 11.5. The number of nitrogens with zero attached hydrogens (tertiary/aromatic N) is 2. The Morgan fingerprint density at radius 1 is 1.30 bits per heavy atom. The lowest BCUT2D eigenvalue weighted by Gasteiger charge is -2.16. The first-order valence-corrected chi connectivity index (χ1v) is 6.89. The molecule has 3 rings (SSSR count). The Balaban J connectivity index is 2.06. The quantitative estimate of drug-likeness (QED) is 0.924. The molecule has 0 aliphatic carbocycles. The number of amides is 1. The molecule has 1 aliphatic heterocycles. The molecular weight excluding hydrogens is 297 g/mol. The van der Waals surface area contributed by atoms with E-state index in [1.165, 1.54) is 0 Å². The van der Waals surface area contributed by atoms with Crippen molar-refractivity contribution in [1.29, 1.82) is 0 Å². The van der Waals surface area contributed by atoms with E-state index in [1.807, 2.05) is 16.7 Å². The fourth-order valence-electron chi connectivity index (χ4n) is 2.14. The van der Waals surface area contributed by atoms with Crippen molar-refractivity contribution >= 4 is 34.8 Å². The number of aromatic nitrogens is 2. The van der Waals surface area contributed by atoms with Gasteiger partial charge in [0.15, 0.2) is 0 Å². The molecule has 0 radical (unpaired) electrons. The van der Waals surface area contributed by atoms with Crippen molar-refractivity contribution in [3.05, 3.63) is 52.5 Å². The van der Waals surface area contributed by atoms with Crippen molar-refractivity contribution in [3.8, 4) is 5.69 Å². The molecule has 20 heavy (non-hydrogen) atoms. The molecule has 6 heteroatoms. The largest absolute Gasteiger partial charge is 0.324 e. The van der Waals surface area contributed by atoms with Crippen LogP contribution >= 0.6 is 23.2 Å². The molecule has 1 amide bonds. The summed E-state index contributed by atoms with van der Waals surface area (Å²) in [6, 6.07) is 5.26. The van der Waals surface area contributed by atoms with Crippen molar-refractivity contribution in [3.63, 3.8) is 0 Å². The normalized spacial score (nSPS) is 14.9. The summed E-state index contributed by atoms with van der Waals surface area (Å²) >= 11 is 12.1. The number of hydrogen-bond acceptors (Lipinski definition) is 2. The van der Waals surface area contributed by atoms with E-state index in [-0.39, 0.29) is 5.91 Å². The van der Waals surface area contributed by atoms with Gasteiger partial charge in [0, 0.05) is 11.4 Å². The number of hydrogen-bond donors (Lipinski definition) is 1. The summed E-state index contributed by atoms with van der Waals surface area (Å²) in [5, 5.41) is 3.95. The van der Waals surface area contributed by atoms with Crippen molar-refractivity contribution in [2.75, 3.05) is 0 Å². The third kappa shape index (κ3) is 2.44. The number of rotatable bonds is 2. The van der Waals surface area contributed by atoms with Crippen LogP contribution in [0, 0.1) is 0 Å². The molecule has 0 unspecified atom stereocenters. The van der Waals surface area contributed by atoms with E-state index in [0.717, 1.165) is 23.5 Å². The minimum absolute atomic E-state index is 0.0115. The third-order valence-electron chi connectivity index (χ3n) is 3.08. The summed E-state index contributed by atoms with van der Waals surface area (Å²) in [6.07, 6.45) is 6.58. The highest BCUT2D eigenvalue weighted by Gasteiger charge is 2.16. The minimum Gasteiger partial charge on any atom is -0.324 e. The van der Waals surface area contributed by atoms with E-state index in [9.17, 15) is 4.79 Å². The van der Waals surface area contributed by atoms with Crippen LogP contribution in [0.1, 0.15) is 18.5 Å². The smallest absolute Gasteiger partial charge is 0.224 e. The lowest BCUT2D eigenvalue weighted by Crippen LogP contribution is -2.25. The van der Waals surface area contributed by atoms with Crippen LogP contribution in [0.5, 0.6) is 0 Å². The Hall–Kier alpha value is -1.78. The molecule has 0 bridgehead atoms. The van der Waals surface area contributed by atoms with E-state index in [0.29, 0.717) is 16.5 Å². The summed E-state index contributed by atoms with van der Waals surface area (Å²) < 4.78 is 1.83. The molecule has 0 atom stereocenters. The highest BCUT2D eigenvalue weighted by molar-refractivity contribution is 6.35. The molecule has 1 N–H and O–H groups in total. The van der Waals surface area contributed by atoms with Crippen LogP contribution < -0.4 is 5.32 Å². The van der Waals surface area contributed by atoms with Gasteiger partial charge in [-0.25, -0.2) is 4.98 Å². The third-order valence-corrected chi connectivity index (χ3v) is 3.62. The number of allylic oxidation sites excluding steroid dienone is 1. The lowest BCUT2D eigenvalue weighted by atomic mass is 10.1. The van der Waals surface area contributed by atoms with E-state index in [4.69, 9.17) is 23.2 Å². The number of benzene rings is 1. The molecule has 2 aromatic rings. The first kappa shape index (κ1) is 13.2. The zero-order valence-electron chi connectivity index (χ0n) is 10.4. The SMILES string of the molecule is O=C1CCC=C(c2cncn2-c2ccc(Cl)cc2Cl)N1. The Labute approximate surface area is 126 Å². The van der Waals surface area contributed by atoms with Crippen LogP contribution in [0.25, 0.3) is 11.4 Å². The van der Waals surface area contributed by atoms with Gasteiger partial charge in [-0.15, -0.1) is 0 Å². The van der Waals surface area contributed by atoms with Crippen LogP contribution in [-0.2, 0) is 4.79 Å². The zero-order valence-corrected chi connectivity index (χ0v) is 11.9. The summed E-state index contributed by atoms with van der Waals surface area (Å²) in [5.74, 6) is 0.0115. The monoisotopic (exact) mass is 307 g/mol. The number of imidazole rings is 1. The number of carbonyl (C=O) groups excluding carboxylic acids is 1. The highest BCUT2D eigenvalue weighted by atomic mass is 35.5. The molecule has 0 fully saturated rings. The molecule has 1 aromatic carbocycles. The average molecular weight is 308 g/mol. The minimum atomic E-state index is 0.0115. The zero-order chi connectivity index (χ0) is 14.1. The predicted octanol–water partition coefficient (Wildman–Crippen LogP) is 3.43. The molecule has 4 nitrogen and oxygen atoms in total. The van der Waals surface area contributed by atoms with Gasteiger partial charge in [0.25, 0.3) is 0 Å². The number of halogens is 2. The van der Waals surface area contributed by atoms with Crippen LogP contribution in [0.3, 0.4) is 0 Å². The molecular formula is C14H11Cl2N3O. The van der Waals surface area contributed by atoms with Gasteiger partial charge in [0.2, 0.25) is 5.91 Å². The average Bonchev–Trinajstić information content (AvgIpc) is 2.87. The first-order valence-electron chi connectivity index (χ1n) is 6.13. The second-order valence-corrected chi connectivity index (χ2v) is 5.29. The summed E-state index contributed by atoms with van der Waals surface area (Å²) in [4.78, 5) is 15.6. The molecule has 1 aliphatic rings. The molecule has 1 aromatic heterocycles. The van der Waals surface area contributed by atoms with Gasteiger partial charge in [-0.2, -0.15) is 0 Å². The van der Waals surface area contributed by atoms with Crippen molar-refractivity contribution in [2.45, 2.75) is 12.8 Å². The van der Waals surface area contributed by atoms with E-state index in [2.05, 4.69) is 10.3 Å². The van der Waals surface area contributed by atoms with Gasteiger partial charge in [-0.3, -0.25) is 9.36 Å². The van der Waals surface area contributed by atoms with Gasteiger partial charge in [0.05, 0.1) is 34.6 Å². The van der Waals surface area contributed by atoms with Crippen molar-refractivity contribution in [2.24, 2.45) is 0 Å². The van der Waals surface area contributed by atoms with Crippen LogP contribution in [-0.4, -0.2) is 15.5 Å². The fourth-order valence-corrected chi connectivity index (χ4v) is 2.64. The Bertz CT molecular complexity index is 706. The highest BCUT2D eigenvalue weighted by Crippen LogP contribution is 2.27. The maximum Gasteiger partial charge on any atom is 0.224 e. The van der Waals surface area contributed by atoms with Crippen LogP contribution in [0.15, 0.2) is 36.8 Å². The number of carbonyl (C=O) groups is 1.